The number of phosphoric ester groups is 1. The summed E-state index contributed by atoms with van der Waals surface area (Å²) < 4.78 is 39.6. The van der Waals surface area contributed by atoms with Gasteiger partial charge in [-0.2, -0.15) is 0 Å². The average molecular weight is 1140 g/mol. The van der Waals surface area contributed by atoms with Crippen molar-refractivity contribution in [1.82, 2.24) is 0 Å². The lowest BCUT2D eigenvalue weighted by atomic mass is 10.1. The molecule has 12 heteroatoms. The minimum Gasteiger partial charge on any atom is -0.462 e. The van der Waals surface area contributed by atoms with E-state index in [0.717, 1.165) is 141 Å². The molecule has 2 N–H and O–H groups in total. The molecule has 0 spiro atoms. The van der Waals surface area contributed by atoms with Gasteiger partial charge in [-0.3, -0.25) is 23.4 Å². The molecule has 0 saturated heterocycles. The molecule has 0 bridgehead atoms. The average Bonchev–Trinajstić information content (AvgIpc) is 3.45. The Labute approximate surface area is 488 Å². The van der Waals surface area contributed by atoms with Crippen molar-refractivity contribution in [3.05, 3.63) is 109 Å². The molecule has 3 atom stereocenters. The fourth-order valence-corrected chi connectivity index (χ4v) is 9.11. The first-order valence-corrected chi connectivity index (χ1v) is 33.3. The van der Waals surface area contributed by atoms with Crippen molar-refractivity contribution in [1.29, 1.82) is 0 Å². The molecule has 0 radical (unpaired) electrons. The molecule has 0 aromatic rings. The maximum absolute atomic E-state index is 13.0. The Balaban J connectivity index is 4.78. The van der Waals surface area contributed by atoms with E-state index in [-0.39, 0.29) is 25.9 Å². The zero-order chi connectivity index (χ0) is 58.3. The van der Waals surface area contributed by atoms with Crippen molar-refractivity contribution in [2.45, 2.75) is 277 Å². The third-order valence-electron chi connectivity index (χ3n) is 13.1. The van der Waals surface area contributed by atoms with Crippen molar-refractivity contribution in [2.75, 3.05) is 26.4 Å². The summed E-state index contributed by atoms with van der Waals surface area (Å²) in [5, 5.41) is 9.85. The zero-order valence-electron chi connectivity index (χ0n) is 50.8. The normalized spacial score (nSPS) is 14.0. The van der Waals surface area contributed by atoms with Gasteiger partial charge in [0.15, 0.2) is 6.10 Å². The van der Waals surface area contributed by atoms with E-state index >= 15 is 0 Å². The number of ether oxygens (including phenoxy) is 3. The number of carbonyl (C=O) groups excluding carboxylic acids is 3. The smallest absolute Gasteiger partial charge is 0.462 e. The Hall–Kier alpha value is -3.86. The number of rotatable bonds is 58. The van der Waals surface area contributed by atoms with Gasteiger partial charge in [-0.25, -0.2) is 4.57 Å². The zero-order valence-corrected chi connectivity index (χ0v) is 51.7. The highest BCUT2D eigenvalue weighted by atomic mass is 31.2. The number of unbranched alkanes of at least 4 members (excludes halogenated alkanes) is 23. The molecule has 0 aliphatic rings. The number of allylic oxidation sites excluding steroid dienone is 18. The van der Waals surface area contributed by atoms with E-state index in [9.17, 15) is 28.9 Å². The third-order valence-corrected chi connectivity index (χ3v) is 14.1. The molecular formula is C68H115O11P. The second-order valence-electron chi connectivity index (χ2n) is 20.8. The summed E-state index contributed by atoms with van der Waals surface area (Å²) in [7, 11) is -4.77. The van der Waals surface area contributed by atoms with Gasteiger partial charge in [0.25, 0.3) is 0 Å². The van der Waals surface area contributed by atoms with Crippen LogP contribution in [0.2, 0.25) is 0 Å². The topological polar surface area (TPSA) is 155 Å². The molecule has 0 saturated carbocycles. The highest BCUT2D eigenvalue weighted by Gasteiger charge is 2.28. The van der Waals surface area contributed by atoms with Crippen LogP contribution in [-0.2, 0) is 42.2 Å². The summed E-state index contributed by atoms with van der Waals surface area (Å²) in [6, 6.07) is 0. The van der Waals surface area contributed by atoms with Gasteiger partial charge in [0.1, 0.15) is 12.7 Å². The van der Waals surface area contributed by atoms with Crippen molar-refractivity contribution < 1.29 is 52.2 Å². The van der Waals surface area contributed by atoms with Crippen LogP contribution in [0.3, 0.4) is 0 Å². The van der Waals surface area contributed by atoms with Crippen LogP contribution >= 0.6 is 7.82 Å². The maximum Gasteiger partial charge on any atom is 0.472 e. The van der Waals surface area contributed by atoms with Crippen molar-refractivity contribution in [3.63, 3.8) is 0 Å². The molecule has 80 heavy (non-hydrogen) atoms. The predicted molar refractivity (Wildman–Crippen MR) is 334 cm³/mol. The first-order chi connectivity index (χ1) is 39.2. The molecule has 0 aromatic heterocycles. The van der Waals surface area contributed by atoms with Gasteiger partial charge < -0.3 is 24.2 Å². The summed E-state index contributed by atoms with van der Waals surface area (Å²) >= 11 is 0. The number of carbonyl (C=O) groups is 3. The predicted octanol–water partition coefficient (Wildman–Crippen LogP) is 19.4. The van der Waals surface area contributed by atoms with Gasteiger partial charge in [0.05, 0.1) is 19.8 Å². The largest absolute Gasteiger partial charge is 0.472 e. The molecule has 0 aliphatic carbocycles. The molecule has 0 fully saturated rings. The Morgan fingerprint density at radius 2 is 0.650 bits per heavy atom. The quantitative estimate of drug-likeness (QED) is 0.0197. The lowest BCUT2D eigenvalue weighted by Crippen LogP contribution is -2.30. The van der Waals surface area contributed by atoms with Crippen molar-refractivity contribution in [2.24, 2.45) is 0 Å². The van der Waals surface area contributed by atoms with E-state index in [1.54, 1.807) is 0 Å². The Morgan fingerprint density at radius 3 is 1.00 bits per heavy atom. The van der Waals surface area contributed by atoms with Crippen LogP contribution in [-0.4, -0.2) is 66.5 Å². The van der Waals surface area contributed by atoms with E-state index in [2.05, 4.69) is 130 Å². The fourth-order valence-electron chi connectivity index (χ4n) is 8.33. The Kier molecular flexibility index (Phi) is 58.3. The maximum atomic E-state index is 13.0. The van der Waals surface area contributed by atoms with Gasteiger partial charge in [-0.05, 0) is 128 Å². The van der Waals surface area contributed by atoms with Crippen molar-refractivity contribution >= 4 is 25.7 Å². The third kappa shape index (κ3) is 58.8. The molecule has 0 amide bonds. The van der Waals surface area contributed by atoms with Gasteiger partial charge in [0, 0.05) is 19.3 Å². The number of aliphatic hydroxyl groups is 1. The van der Waals surface area contributed by atoms with E-state index in [0.29, 0.717) is 19.3 Å². The highest BCUT2D eigenvalue weighted by Crippen LogP contribution is 2.43. The van der Waals surface area contributed by atoms with Gasteiger partial charge >= 0.3 is 25.7 Å². The molecule has 0 rings (SSSR count). The van der Waals surface area contributed by atoms with Crippen LogP contribution < -0.4 is 0 Å². The van der Waals surface area contributed by atoms with Crippen LogP contribution in [0.15, 0.2) is 109 Å². The summed E-state index contributed by atoms with van der Waals surface area (Å²) in [6.45, 7) is 4.44. The first-order valence-electron chi connectivity index (χ1n) is 31.8. The standard InChI is InChI=1S/C68H115O11P/c1-4-7-10-13-16-19-22-25-28-31-32-35-38-41-44-47-50-53-56-59-68(72)79-65(61-75-66(70)57-54-51-48-45-42-39-36-33-29-26-23-20-17-14-11-8-5-2)63-77-80(73,74)76-62-64(60-69)78-67(71)58-55-52-49-46-43-40-37-34-30-27-24-21-18-15-12-9-6-3/h9,12,16-21,25-30,32,35,37,40,64-65,69H,4-8,10-11,13-15,22-24,31,33-34,36,38-39,41-63H2,1-3H3,(H,73,74)/b12-9-,19-16-,20-17-,21-18-,28-25-,29-26-,30-27-,35-32-,40-37-. The van der Waals surface area contributed by atoms with Crippen LogP contribution in [0.25, 0.3) is 0 Å². The van der Waals surface area contributed by atoms with Crippen LogP contribution in [0.1, 0.15) is 265 Å². The van der Waals surface area contributed by atoms with E-state index in [1.807, 2.05) is 0 Å². The SMILES string of the molecule is CC/C=C\C/C=C\C/C=C\C/C=C\CCCCCCC(=O)OC(CO)COP(=O)(O)OCC(COC(=O)CCCCCCCCC/C=C\C/C=C\CCCCC)OC(=O)CCCCCCCC/C=C\C/C=C\C/C=C\CCCCC. The fraction of sp³-hybridized carbons (Fsp3) is 0.691. The number of phosphoric acid groups is 1. The summed E-state index contributed by atoms with van der Waals surface area (Å²) in [4.78, 5) is 48.8. The lowest BCUT2D eigenvalue weighted by Gasteiger charge is -2.21. The Bertz CT molecular complexity index is 1760. The summed E-state index contributed by atoms with van der Waals surface area (Å²) in [5.74, 6) is -1.51. The van der Waals surface area contributed by atoms with E-state index in [4.69, 9.17) is 23.3 Å². The summed E-state index contributed by atoms with van der Waals surface area (Å²) in [6.07, 6.45) is 74.6. The molecule has 458 valence electrons. The molecular weight excluding hydrogens is 1020 g/mol. The molecule has 0 heterocycles. The van der Waals surface area contributed by atoms with Crippen molar-refractivity contribution in [3.8, 4) is 0 Å². The van der Waals surface area contributed by atoms with Gasteiger partial charge in [-0.15, -0.1) is 0 Å². The van der Waals surface area contributed by atoms with Gasteiger partial charge in [-0.1, -0.05) is 226 Å². The van der Waals surface area contributed by atoms with E-state index < -0.39 is 57.8 Å². The number of esters is 3. The minimum absolute atomic E-state index is 0.143. The number of aliphatic hydroxyl groups excluding tert-OH is 1. The Morgan fingerprint density at radius 1 is 0.362 bits per heavy atom. The molecule has 3 unspecified atom stereocenters. The molecule has 0 aliphatic heterocycles. The monoisotopic (exact) mass is 1140 g/mol. The minimum atomic E-state index is -4.77. The highest BCUT2D eigenvalue weighted by molar-refractivity contribution is 7.47. The second-order valence-corrected chi connectivity index (χ2v) is 22.3. The van der Waals surface area contributed by atoms with Crippen LogP contribution in [0.5, 0.6) is 0 Å². The number of hydrogen-bond donors (Lipinski definition) is 2. The molecule has 11 nitrogen and oxygen atoms in total. The first kappa shape index (κ1) is 76.1. The van der Waals surface area contributed by atoms with Gasteiger partial charge in [0.2, 0.25) is 0 Å². The molecule has 0 aromatic carbocycles. The summed E-state index contributed by atoms with van der Waals surface area (Å²) in [5.41, 5.74) is 0. The second kappa shape index (κ2) is 61.2. The van der Waals surface area contributed by atoms with E-state index in [1.165, 1.54) is 64.2 Å². The number of hydrogen-bond acceptors (Lipinski definition) is 10. The van der Waals surface area contributed by atoms with Crippen LogP contribution in [0.4, 0.5) is 0 Å². The lowest BCUT2D eigenvalue weighted by molar-refractivity contribution is -0.161. The van der Waals surface area contributed by atoms with Crippen LogP contribution in [0, 0.1) is 0 Å².